The van der Waals surface area contributed by atoms with Crippen molar-refractivity contribution in [2.45, 2.75) is 56.8 Å². The first kappa shape index (κ1) is 28.9. The lowest BCUT2D eigenvalue weighted by molar-refractivity contribution is -0.240. The van der Waals surface area contributed by atoms with E-state index < -0.39 is 23.9 Å². The number of ketones is 1. The molecular formula is C35H36O6. The van der Waals surface area contributed by atoms with Crippen molar-refractivity contribution < 1.29 is 28.8 Å². The Morgan fingerprint density at radius 2 is 1.00 bits per heavy atom. The Kier molecular flexibility index (Phi) is 10.1. The van der Waals surface area contributed by atoms with E-state index in [1.807, 2.05) is 121 Å². The van der Waals surface area contributed by atoms with Gasteiger partial charge in [0, 0.05) is 6.42 Å². The van der Waals surface area contributed by atoms with Gasteiger partial charge in [-0.2, -0.15) is 0 Å². The number of aliphatic hydroxyl groups is 1. The highest BCUT2D eigenvalue weighted by molar-refractivity contribution is 5.86. The van der Waals surface area contributed by atoms with Crippen LogP contribution in [0, 0.1) is 0 Å². The van der Waals surface area contributed by atoms with Gasteiger partial charge in [0.2, 0.25) is 0 Å². The third kappa shape index (κ3) is 7.97. The van der Waals surface area contributed by atoms with Crippen LogP contribution in [0.15, 0.2) is 121 Å². The molecule has 6 nitrogen and oxygen atoms in total. The lowest BCUT2D eigenvalue weighted by Gasteiger charge is -2.46. The van der Waals surface area contributed by atoms with Gasteiger partial charge in [0.15, 0.2) is 5.78 Å². The zero-order valence-electron chi connectivity index (χ0n) is 23.0. The molecule has 0 saturated heterocycles. The van der Waals surface area contributed by atoms with Gasteiger partial charge in [-0.25, -0.2) is 0 Å². The summed E-state index contributed by atoms with van der Waals surface area (Å²) in [5.41, 5.74) is 2.18. The van der Waals surface area contributed by atoms with Crippen LogP contribution in [-0.4, -0.2) is 41.4 Å². The lowest BCUT2D eigenvalue weighted by atomic mass is 9.78. The van der Waals surface area contributed by atoms with Crippen LogP contribution in [0.5, 0.6) is 0 Å². The molecule has 0 amide bonds. The Bertz CT molecular complexity index is 1330. The third-order valence-electron chi connectivity index (χ3n) is 7.22. The van der Waals surface area contributed by atoms with E-state index in [0.717, 1.165) is 22.3 Å². The third-order valence-corrected chi connectivity index (χ3v) is 7.22. The molecule has 4 aromatic carbocycles. The summed E-state index contributed by atoms with van der Waals surface area (Å²) < 4.78 is 25.1. The average molecular weight is 553 g/mol. The fourth-order valence-electron chi connectivity index (χ4n) is 5.10. The Morgan fingerprint density at radius 1 is 0.585 bits per heavy atom. The van der Waals surface area contributed by atoms with E-state index in [4.69, 9.17) is 18.9 Å². The Hall–Kier alpha value is -3.65. The number of carbonyl (C=O) groups is 1. The predicted molar refractivity (Wildman–Crippen MR) is 156 cm³/mol. The molecular weight excluding hydrogens is 516 g/mol. The number of Topliss-reactive ketones (excluding diaryl/α,β-unsaturated/α-hetero) is 1. The molecule has 0 unspecified atom stereocenters. The van der Waals surface area contributed by atoms with Crippen LogP contribution in [0.1, 0.15) is 28.7 Å². The molecule has 212 valence electrons. The summed E-state index contributed by atoms with van der Waals surface area (Å²) in [4.78, 5) is 13.6. The monoisotopic (exact) mass is 552 g/mol. The van der Waals surface area contributed by atoms with Gasteiger partial charge in [-0.15, -0.1) is 0 Å². The lowest BCUT2D eigenvalue weighted by Crippen LogP contribution is -2.65. The first-order valence-corrected chi connectivity index (χ1v) is 13.9. The van der Waals surface area contributed by atoms with Crippen molar-refractivity contribution in [2.24, 2.45) is 0 Å². The van der Waals surface area contributed by atoms with Gasteiger partial charge in [-0.05, 0) is 22.3 Å². The van der Waals surface area contributed by atoms with Crippen molar-refractivity contribution in [3.05, 3.63) is 144 Å². The van der Waals surface area contributed by atoms with Gasteiger partial charge >= 0.3 is 0 Å². The standard InChI is InChI=1S/C35H36O6/c36-31-21-35(37,26-38-22-27-13-5-1-6-14-27)34(41-25-30-19-11-4-12-20-30)33(40-24-29-17-9-3-10-18-29)32(31)39-23-28-15-7-2-8-16-28/h1-20,32-34,37H,21-26H2/t32-,33+,34-,35-/m1/s1. The summed E-state index contributed by atoms with van der Waals surface area (Å²) in [5, 5.41) is 12.0. The molecule has 0 aromatic heterocycles. The Labute approximate surface area is 241 Å². The van der Waals surface area contributed by atoms with Crippen molar-refractivity contribution >= 4 is 5.78 Å². The Balaban J connectivity index is 1.40. The summed E-state index contributed by atoms with van der Waals surface area (Å²) in [6, 6.07) is 38.9. The quantitative estimate of drug-likeness (QED) is 0.231. The highest BCUT2D eigenvalue weighted by Crippen LogP contribution is 2.35. The molecule has 0 radical (unpaired) electrons. The van der Waals surface area contributed by atoms with Crippen LogP contribution in [0.25, 0.3) is 0 Å². The highest BCUT2D eigenvalue weighted by atomic mass is 16.6. The number of rotatable bonds is 13. The minimum absolute atomic E-state index is 0.0936. The number of hydrogen-bond donors (Lipinski definition) is 1. The Morgan fingerprint density at radius 3 is 1.49 bits per heavy atom. The predicted octanol–water partition coefficient (Wildman–Crippen LogP) is 5.66. The maximum atomic E-state index is 13.6. The number of hydrogen-bond acceptors (Lipinski definition) is 6. The molecule has 1 fully saturated rings. The van der Waals surface area contributed by atoms with Crippen molar-refractivity contribution in [3.63, 3.8) is 0 Å². The molecule has 1 N–H and O–H groups in total. The number of ether oxygens (including phenoxy) is 4. The van der Waals surface area contributed by atoms with Crippen molar-refractivity contribution in [1.29, 1.82) is 0 Å². The molecule has 1 aliphatic carbocycles. The second-order valence-electron chi connectivity index (χ2n) is 10.4. The second-order valence-corrected chi connectivity index (χ2v) is 10.4. The topological polar surface area (TPSA) is 74.2 Å². The van der Waals surface area contributed by atoms with Crippen LogP contribution in [-0.2, 0) is 50.2 Å². The van der Waals surface area contributed by atoms with Gasteiger partial charge in [0.05, 0.1) is 33.0 Å². The van der Waals surface area contributed by atoms with E-state index in [1.54, 1.807) is 0 Å². The molecule has 0 aliphatic heterocycles. The molecule has 1 saturated carbocycles. The van der Waals surface area contributed by atoms with E-state index in [1.165, 1.54) is 0 Å². The van der Waals surface area contributed by atoms with Gasteiger partial charge in [0.1, 0.15) is 23.9 Å². The maximum Gasteiger partial charge on any atom is 0.167 e. The second kappa shape index (κ2) is 14.3. The van der Waals surface area contributed by atoms with Crippen molar-refractivity contribution in [3.8, 4) is 0 Å². The van der Waals surface area contributed by atoms with Gasteiger partial charge in [-0.3, -0.25) is 4.79 Å². The average Bonchev–Trinajstić information content (AvgIpc) is 3.01. The van der Waals surface area contributed by atoms with Crippen LogP contribution < -0.4 is 0 Å². The smallest absolute Gasteiger partial charge is 0.167 e. The van der Waals surface area contributed by atoms with Crippen LogP contribution in [0.4, 0.5) is 0 Å². The van der Waals surface area contributed by atoms with E-state index in [2.05, 4.69) is 0 Å². The largest absolute Gasteiger partial charge is 0.384 e. The first-order valence-electron chi connectivity index (χ1n) is 13.9. The normalized spacial score (nSPS) is 22.5. The summed E-state index contributed by atoms with van der Waals surface area (Å²) in [5.74, 6) is -0.246. The maximum absolute atomic E-state index is 13.6. The summed E-state index contributed by atoms with van der Waals surface area (Å²) in [6.45, 7) is 0.903. The van der Waals surface area contributed by atoms with Crippen molar-refractivity contribution in [1.82, 2.24) is 0 Å². The zero-order valence-corrected chi connectivity index (χ0v) is 23.0. The van der Waals surface area contributed by atoms with E-state index in [9.17, 15) is 9.90 Å². The molecule has 4 atom stereocenters. The molecule has 5 rings (SSSR count). The van der Waals surface area contributed by atoms with Gasteiger partial charge in [-0.1, -0.05) is 121 Å². The van der Waals surface area contributed by atoms with Gasteiger partial charge < -0.3 is 24.1 Å². The molecule has 0 heterocycles. The minimum atomic E-state index is -1.62. The SMILES string of the molecule is O=C1C[C@@](O)(COCc2ccccc2)[C@H](OCc2ccccc2)[C@@H](OCc2ccccc2)[C@@H]1OCc1ccccc1. The fraction of sp³-hybridized carbons (Fsp3) is 0.286. The first-order chi connectivity index (χ1) is 20.1. The molecule has 0 bridgehead atoms. The summed E-state index contributed by atoms with van der Waals surface area (Å²) >= 11 is 0. The van der Waals surface area contributed by atoms with Crippen LogP contribution in [0.2, 0.25) is 0 Å². The molecule has 6 heteroatoms. The van der Waals surface area contributed by atoms with E-state index in [0.29, 0.717) is 6.61 Å². The van der Waals surface area contributed by atoms with E-state index in [-0.39, 0.29) is 38.6 Å². The number of benzene rings is 4. The number of carbonyl (C=O) groups excluding carboxylic acids is 1. The van der Waals surface area contributed by atoms with E-state index >= 15 is 0 Å². The summed E-state index contributed by atoms with van der Waals surface area (Å²) in [7, 11) is 0. The molecule has 41 heavy (non-hydrogen) atoms. The van der Waals surface area contributed by atoms with Crippen LogP contribution >= 0.6 is 0 Å². The molecule has 4 aromatic rings. The molecule has 0 spiro atoms. The minimum Gasteiger partial charge on any atom is -0.384 e. The molecule has 1 aliphatic rings. The fourth-order valence-corrected chi connectivity index (χ4v) is 5.10. The van der Waals surface area contributed by atoms with Crippen molar-refractivity contribution in [2.75, 3.05) is 6.61 Å². The van der Waals surface area contributed by atoms with Crippen LogP contribution in [0.3, 0.4) is 0 Å². The summed E-state index contributed by atoms with van der Waals surface area (Å²) in [6.07, 6.45) is -2.85. The highest BCUT2D eigenvalue weighted by Gasteiger charge is 2.55. The van der Waals surface area contributed by atoms with Gasteiger partial charge in [0.25, 0.3) is 0 Å². The zero-order chi connectivity index (χ0) is 28.3.